The number of fused-ring (bicyclic) bond motifs is 3. The van der Waals surface area contributed by atoms with E-state index in [1.807, 2.05) is 36.4 Å². The predicted octanol–water partition coefficient (Wildman–Crippen LogP) is 8.32. The van der Waals surface area contributed by atoms with Gasteiger partial charge in [-0.1, -0.05) is 72.8 Å². The van der Waals surface area contributed by atoms with Crippen molar-refractivity contribution in [3.05, 3.63) is 146 Å². The van der Waals surface area contributed by atoms with Crippen LogP contribution in [0.2, 0.25) is 0 Å². The van der Waals surface area contributed by atoms with E-state index in [0.717, 1.165) is 44.1 Å². The van der Waals surface area contributed by atoms with Gasteiger partial charge in [-0.15, -0.1) is 0 Å². The van der Waals surface area contributed by atoms with Gasteiger partial charge in [0.2, 0.25) is 19.7 Å². The summed E-state index contributed by atoms with van der Waals surface area (Å²) in [5, 5.41) is 1.97. The highest BCUT2D eigenvalue weighted by Gasteiger charge is 2.19. The molecule has 7 heteroatoms. The van der Waals surface area contributed by atoms with Crippen LogP contribution in [0.1, 0.15) is 0 Å². The Morgan fingerprint density at radius 3 is 1.14 bits per heavy atom. The number of nitrogens with one attached hydrogen (secondary N) is 1. The minimum atomic E-state index is -3.65. The maximum atomic E-state index is 13.3. The van der Waals surface area contributed by atoms with E-state index in [0.29, 0.717) is 0 Å². The summed E-state index contributed by atoms with van der Waals surface area (Å²) >= 11 is 0. The van der Waals surface area contributed by atoms with Crippen molar-refractivity contribution in [2.45, 2.75) is 19.6 Å². The van der Waals surface area contributed by atoms with Gasteiger partial charge in [0.25, 0.3) is 0 Å². The molecule has 0 aliphatic rings. The number of aromatic nitrogens is 1. The van der Waals surface area contributed by atoms with E-state index in [2.05, 4.69) is 17.1 Å². The summed E-state index contributed by atoms with van der Waals surface area (Å²) in [5.74, 6) is 0. The van der Waals surface area contributed by atoms with Gasteiger partial charge in [0.15, 0.2) is 0 Å². The van der Waals surface area contributed by atoms with Crippen LogP contribution in [0.15, 0.2) is 165 Å². The second-order valence-corrected chi connectivity index (χ2v) is 14.2. The molecule has 0 saturated carbocycles. The van der Waals surface area contributed by atoms with Gasteiger partial charge >= 0.3 is 0 Å². The van der Waals surface area contributed by atoms with E-state index in [1.54, 1.807) is 97.1 Å². The van der Waals surface area contributed by atoms with Crippen molar-refractivity contribution in [3.63, 3.8) is 0 Å². The lowest BCUT2D eigenvalue weighted by Gasteiger charge is -2.08. The third-order valence-corrected chi connectivity index (χ3v) is 11.2. The molecule has 0 atom stereocenters. The van der Waals surface area contributed by atoms with Gasteiger partial charge in [-0.2, -0.15) is 0 Å². The number of hydrogen-bond acceptors (Lipinski definition) is 4. The van der Waals surface area contributed by atoms with Crippen LogP contribution in [0.5, 0.6) is 0 Å². The van der Waals surface area contributed by atoms with Gasteiger partial charge in [0, 0.05) is 21.8 Å². The van der Waals surface area contributed by atoms with Gasteiger partial charge in [0.1, 0.15) is 0 Å². The van der Waals surface area contributed by atoms with Crippen LogP contribution in [-0.2, 0) is 19.7 Å². The smallest absolute Gasteiger partial charge is 0.206 e. The second-order valence-electron chi connectivity index (χ2n) is 10.3. The van der Waals surface area contributed by atoms with E-state index in [1.165, 1.54) is 0 Å². The van der Waals surface area contributed by atoms with Crippen molar-refractivity contribution in [1.29, 1.82) is 0 Å². The highest BCUT2D eigenvalue weighted by Crippen LogP contribution is 2.35. The molecule has 43 heavy (non-hydrogen) atoms. The number of H-pyrrole nitrogens is 1. The summed E-state index contributed by atoms with van der Waals surface area (Å²) in [6, 6.07) is 42.9. The molecule has 0 amide bonds. The largest absolute Gasteiger partial charge is 0.355 e. The molecule has 0 radical (unpaired) electrons. The number of sulfone groups is 2. The lowest BCUT2D eigenvalue weighted by Crippen LogP contribution is -2.01. The van der Waals surface area contributed by atoms with Crippen LogP contribution >= 0.6 is 0 Å². The van der Waals surface area contributed by atoms with E-state index in [-0.39, 0.29) is 19.6 Å². The van der Waals surface area contributed by atoms with Crippen LogP contribution in [0.3, 0.4) is 0 Å². The number of aromatic amines is 1. The molecule has 0 aliphatic carbocycles. The molecule has 7 rings (SSSR count). The Labute approximate surface area is 249 Å². The topological polar surface area (TPSA) is 84.1 Å². The summed E-state index contributed by atoms with van der Waals surface area (Å²) in [6.45, 7) is 0. The van der Waals surface area contributed by atoms with Crippen molar-refractivity contribution in [1.82, 2.24) is 4.98 Å². The molecule has 6 aromatic carbocycles. The summed E-state index contributed by atoms with van der Waals surface area (Å²) in [7, 11) is -7.31. The maximum absolute atomic E-state index is 13.3. The average Bonchev–Trinajstić information content (AvgIpc) is 3.43. The third kappa shape index (κ3) is 4.82. The van der Waals surface area contributed by atoms with Crippen LogP contribution in [0.25, 0.3) is 44.1 Å². The Morgan fingerprint density at radius 2 is 0.721 bits per heavy atom. The summed E-state index contributed by atoms with van der Waals surface area (Å²) in [6.07, 6.45) is 0. The minimum Gasteiger partial charge on any atom is -0.355 e. The molecule has 0 bridgehead atoms. The number of hydrogen-bond donors (Lipinski definition) is 1. The second kappa shape index (κ2) is 10.4. The van der Waals surface area contributed by atoms with Gasteiger partial charge in [-0.3, -0.25) is 0 Å². The monoisotopic (exact) mass is 599 g/mol. The molecule has 1 heterocycles. The lowest BCUT2D eigenvalue weighted by atomic mass is 10.0. The fraction of sp³-hybridized carbons (Fsp3) is 0. The van der Waals surface area contributed by atoms with Gasteiger partial charge in [-0.25, -0.2) is 16.8 Å². The zero-order valence-electron chi connectivity index (χ0n) is 22.8. The fourth-order valence-electron chi connectivity index (χ4n) is 5.41. The number of benzene rings is 6. The Kier molecular flexibility index (Phi) is 6.49. The molecule has 5 nitrogen and oxygen atoms in total. The lowest BCUT2D eigenvalue weighted by molar-refractivity contribution is 0.594. The molecule has 0 fully saturated rings. The zero-order chi connectivity index (χ0) is 29.6. The molecular formula is C36H25NO4S2. The quantitative estimate of drug-likeness (QED) is 0.208. The van der Waals surface area contributed by atoms with Gasteiger partial charge in [0.05, 0.1) is 19.6 Å². The SMILES string of the molecule is O=S(=O)(c1ccccc1)c1cccc(-c2ccc3[nH]c4ccc(-c5cccc(S(=O)(=O)c6ccccc6)c5)cc4c3c2)c1. The third-order valence-electron chi connectivity index (χ3n) is 7.66. The highest BCUT2D eigenvalue weighted by atomic mass is 32.2. The zero-order valence-corrected chi connectivity index (χ0v) is 24.4. The van der Waals surface area contributed by atoms with Crippen LogP contribution in [-0.4, -0.2) is 21.8 Å². The summed E-state index contributed by atoms with van der Waals surface area (Å²) < 4.78 is 53.0. The Hall–Kier alpha value is -4.98. The molecule has 210 valence electrons. The predicted molar refractivity (Wildman–Crippen MR) is 170 cm³/mol. The maximum Gasteiger partial charge on any atom is 0.206 e. The molecule has 7 aromatic rings. The molecule has 1 aromatic heterocycles. The summed E-state index contributed by atoms with van der Waals surface area (Å²) in [4.78, 5) is 4.45. The van der Waals surface area contributed by atoms with E-state index < -0.39 is 19.7 Å². The van der Waals surface area contributed by atoms with Crippen LogP contribution < -0.4 is 0 Å². The van der Waals surface area contributed by atoms with Crippen molar-refractivity contribution >= 4 is 41.5 Å². The normalized spacial score (nSPS) is 12.1. The summed E-state index contributed by atoms with van der Waals surface area (Å²) in [5.41, 5.74) is 5.26. The Morgan fingerprint density at radius 1 is 0.349 bits per heavy atom. The molecule has 0 saturated heterocycles. The van der Waals surface area contributed by atoms with E-state index in [4.69, 9.17) is 0 Å². The van der Waals surface area contributed by atoms with E-state index >= 15 is 0 Å². The Bertz CT molecular complexity index is 2190. The highest BCUT2D eigenvalue weighted by molar-refractivity contribution is 7.91. The van der Waals surface area contributed by atoms with Crippen molar-refractivity contribution in [3.8, 4) is 22.3 Å². The van der Waals surface area contributed by atoms with E-state index in [9.17, 15) is 16.8 Å². The van der Waals surface area contributed by atoms with Crippen molar-refractivity contribution in [2.75, 3.05) is 0 Å². The average molecular weight is 600 g/mol. The molecule has 1 N–H and O–H groups in total. The molecule has 0 aliphatic heterocycles. The van der Waals surface area contributed by atoms with Gasteiger partial charge in [-0.05, 0) is 95.1 Å². The first-order valence-electron chi connectivity index (χ1n) is 13.7. The first kappa shape index (κ1) is 26.9. The van der Waals surface area contributed by atoms with Crippen LogP contribution in [0, 0.1) is 0 Å². The van der Waals surface area contributed by atoms with Crippen molar-refractivity contribution < 1.29 is 16.8 Å². The molecule has 0 spiro atoms. The number of rotatable bonds is 6. The molecular weight excluding hydrogens is 575 g/mol. The minimum absolute atomic E-state index is 0.239. The van der Waals surface area contributed by atoms with Crippen LogP contribution in [0.4, 0.5) is 0 Å². The standard InChI is InChI=1S/C36H25NO4S2/c38-42(39,29-11-3-1-4-12-29)31-15-7-9-25(21-31)27-17-19-35-33(23-27)34-24-28(18-20-36(34)37-35)26-10-8-16-32(22-26)43(40,41)30-13-5-2-6-14-30/h1-24,37H. The molecule has 0 unspecified atom stereocenters. The fourth-order valence-corrected chi connectivity index (χ4v) is 8.07. The van der Waals surface area contributed by atoms with Gasteiger partial charge < -0.3 is 4.98 Å². The van der Waals surface area contributed by atoms with Crippen molar-refractivity contribution in [2.24, 2.45) is 0 Å². The first-order valence-corrected chi connectivity index (χ1v) is 16.6. The first-order chi connectivity index (χ1) is 20.8. The Balaban J connectivity index is 1.29.